The monoisotopic (exact) mass is 260 g/mol. The van der Waals surface area contributed by atoms with Crippen molar-refractivity contribution in [2.24, 2.45) is 23.2 Å². The molecule has 4 bridgehead atoms. The van der Waals surface area contributed by atoms with E-state index in [9.17, 15) is 0 Å². The van der Waals surface area contributed by atoms with Gasteiger partial charge in [-0.25, -0.2) is 0 Å². The van der Waals surface area contributed by atoms with E-state index < -0.39 is 0 Å². The summed E-state index contributed by atoms with van der Waals surface area (Å²) < 4.78 is 5.23. The van der Waals surface area contributed by atoms with Crippen LogP contribution in [0.2, 0.25) is 0 Å². The Labute approximate surface area is 114 Å². The maximum atomic E-state index is 6.02. The molecule has 3 nitrogen and oxygen atoms in total. The molecule has 0 aliphatic heterocycles. The molecule has 1 heterocycles. The Morgan fingerprint density at radius 2 is 1.74 bits per heavy atom. The summed E-state index contributed by atoms with van der Waals surface area (Å²) in [5.41, 5.74) is 8.86. The van der Waals surface area contributed by atoms with Crippen LogP contribution in [0, 0.1) is 23.2 Å². The van der Waals surface area contributed by atoms with Crippen LogP contribution in [-0.2, 0) is 12.8 Å². The number of anilines is 1. The Morgan fingerprint density at radius 3 is 2.26 bits per heavy atom. The molecule has 4 saturated carbocycles. The highest BCUT2D eigenvalue weighted by Crippen LogP contribution is 2.61. The Balaban J connectivity index is 1.64. The van der Waals surface area contributed by atoms with Crippen LogP contribution in [0.15, 0.2) is 4.52 Å². The van der Waals surface area contributed by atoms with Gasteiger partial charge in [0.25, 0.3) is 0 Å². The Bertz CT molecular complexity index is 456. The fourth-order valence-electron chi connectivity index (χ4n) is 5.71. The fourth-order valence-corrected chi connectivity index (χ4v) is 5.71. The lowest BCUT2D eigenvalue weighted by molar-refractivity contribution is -0.0522. The van der Waals surface area contributed by atoms with Crippen molar-refractivity contribution >= 4 is 5.88 Å². The van der Waals surface area contributed by atoms with Crippen molar-refractivity contribution in [2.75, 3.05) is 5.73 Å². The van der Waals surface area contributed by atoms with Gasteiger partial charge in [-0.1, -0.05) is 12.1 Å². The van der Waals surface area contributed by atoms with Crippen molar-refractivity contribution in [3.05, 3.63) is 11.3 Å². The minimum atomic E-state index is 0.526. The maximum absolute atomic E-state index is 6.02. The molecule has 1 aromatic heterocycles. The standard InChI is InChI=1S/C16H24N2O/c1-2-14-13(15(17)19-18-14)9-16-6-10-3-11(7-16)5-12(4-10)8-16/h10-12H,2-9,17H2,1H3. The molecule has 1 aromatic rings. The quantitative estimate of drug-likeness (QED) is 0.903. The molecular weight excluding hydrogens is 236 g/mol. The molecule has 0 spiro atoms. The normalized spacial score (nSPS) is 39.9. The van der Waals surface area contributed by atoms with E-state index in [4.69, 9.17) is 10.3 Å². The van der Waals surface area contributed by atoms with Crippen LogP contribution in [0.1, 0.15) is 56.7 Å². The number of nitrogens with two attached hydrogens (primary N) is 1. The van der Waals surface area contributed by atoms with Gasteiger partial charge in [0.15, 0.2) is 0 Å². The first-order valence-electron chi connectivity index (χ1n) is 7.90. The van der Waals surface area contributed by atoms with Gasteiger partial charge in [0.05, 0.1) is 5.69 Å². The number of rotatable bonds is 3. The molecule has 0 atom stereocenters. The van der Waals surface area contributed by atoms with E-state index in [1.54, 1.807) is 0 Å². The van der Waals surface area contributed by atoms with Crippen molar-refractivity contribution in [1.29, 1.82) is 0 Å². The smallest absolute Gasteiger partial charge is 0.225 e. The van der Waals surface area contributed by atoms with E-state index in [1.165, 1.54) is 44.1 Å². The van der Waals surface area contributed by atoms with Crippen molar-refractivity contribution in [2.45, 2.75) is 58.3 Å². The largest absolute Gasteiger partial charge is 0.367 e. The van der Waals surface area contributed by atoms with E-state index in [0.717, 1.165) is 36.3 Å². The van der Waals surface area contributed by atoms with E-state index >= 15 is 0 Å². The summed E-state index contributed by atoms with van der Waals surface area (Å²) in [6.07, 6.45) is 10.8. The van der Waals surface area contributed by atoms with E-state index in [-0.39, 0.29) is 0 Å². The summed E-state index contributed by atoms with van der Waals surface area (Å²) in [4.78, 5) is 0. The lowest BCUT2D eigenvalue weighted by atomic mass is 9.48. The van der Waals surface area contributed by atoms with Gasteiger partial charge in [-0.05, 0) is 74.5 Å². The van der Waals surface area contributed by atoms with Crippen LogP contribution in [0.4, 0.5) is 5.88 Å². The summed E-state index contributed by atoms with van der Waals surface area (Å²) in [6.45, 7) is 2.14. The van der Waals surface area contributed by atoms with E-state index in [0.29, 0.717) is 11.3 Å². The summed E-state index contributed by atoms with van der Waals surface area (Å²) in [6, 6.07) is 0. The SMILES string of the molecule is CCc1noc(N)c1CC12CC3CC(CC(C3)C1)C2. The molecule has 4 fully saturated rings. The summed E-state index contributed by atoms with van der Waals surface area (Å²) >= 11 is 0. The van der Waals surface area contributed by atoms with Gasteiger partial charge in [0, 0.05) is 5.56 Å². The average molecular weight is 260 g/mol. The lowest BCUT2D eigenvalue weighted by Crippen LogP contribution is -2.47. The summed E-state index contributed by atoms with van der Waals surface area (Å²) in [5, 5.41) is 4.13. The topological polar surface area (TPSA) is 52.0 Å². The van der Waals surface area contributed by atoms with Crippen LogP contribution >= 0.6 is 0 Å². The van der Waals surface area contributed by atoms with Gasteiger partial charge in [-0.3, -0.25) is 0 Å². The van der Waals surface area contributed by atoms with E-state index in [2.05, 4.69) is 12.1 Å². The predicted octanol–water partition coefficient (Wildman–Crippen LogP) is 3.58. The molecule has 0 amide bonds. The van der Waals surface area contributed by atoms with Gasteiger partial charge in [-0.2, -0.15) is 0 Å². The van der Waals surface area contributed by atoms with E-state index in [1.807, 2.05) is 0 Å². The van der Waals surface area contributed by atoms with Crippen molar-refractivity contribution in [3.8, 4) is 0 Å². The van der Waals surface area contributed by atoms with Gasteiger partial charge < -0.3 is 10.3 Å². The number of aryl methyl sites for hydroxylation is 1. The number of nitrogens with zero attached hydrogens (tertiary/aromatic N) is 1. The minimum absolute atomic E-state index is 0.526. The zero-order valence-electron chi connectivity index (χ0n) is 11.8. The zero-order valence-corrected chi connectivity index (χ0v) is 11.8. The second-order valence-corrected chi connectivity index (χ2v) is 7.42. The molecule has 0 radical (unpaired) electrons. The van der Waals surface area contributed by atoms with Crippen molar-refractivity contribution in [3.63, 3.8) is 0 Å². The molecular formula is C16H24N2O. The molecule has 104 valence electrons. The van der Waals surface area contributed by atoms with Crippen LogP contribution in [0.3, 0.4) is 0 Å². The highest BCUT2D eigenvalue weighted by Gasteiger charge is 2.51. The Hall–Kier alpha value is -0.990. The molecule has 4 aliphatic carbocycles. The van der Waals surface area contributed by atoms with Gasteiger partial charge in [0.1, 0.15) is 0 Å². The van der Waals surface area contributed by atoms with Gasteiger partial charge >= 0.3 is 0 Å². The zero-order chi connectivity index (χ0) is 13.0. The molecule has 0 unspecified atom stereocenters. The molecule has 5 rings (SSSR count). The third-order valence-corrected chi connectivity index (χ3v) is 5.95. The van der Waals surface area contributed by atoms with Crippen molar-refractivity contribution in [1.82, 2.24) is 5.16 Å². The number of aromatic nitrogens is 1. The maximum Gasteiger partial charge on any atom is 0.225 e. The first-order valence-corrected chi connectivity index (χ1v) is 7.90. The number of hydrogen-bond donors (Lipinski definition) is 1. The average Bonchev–Trinajstić information content (AvgIpc) is 2.68. The molecule has 4 aliphatic rings. The van der Waals surface area contributed by atoms with Crippen molar-refractivity contribution < 1.29 is 4.52 Å². The number of hydrogen-bond acceptors (Lipinski definition) is 3. The predicted molar refractivity (Wildman–Crippen MR) is 74.6 cm³/mol. The fraction of sp³-hybridized carbons (Fsp3) is 0.812. The minimum Gasteiger partial charge on any atom is -0.367 e. The molecule has 19 heavy (non-hydrogen) atoms. The van der Waals surface area contributed by atoms with Crippen LogP contribution in [-0.4, -0.2) is 5.16 Å². The highest BCUT2D eigenvalue weighted by atomic mass is 16.5. The van der Waals surface area contributed by atoms with Gasteiger partial charge in [0.2, 0.25) is 5.88 Å². The molecule has 2 N–H and O–H groups in total. The second-order valence-electron chi connectivity index (χ2n) is 7.42. The third kappa shape index (κ3) is 1.81. The summed E-state index contributed by atoms with van der Waals surface area (Å²) in [7, 11) is 0. The summed E-state index contributed by atoms with van der Waals surface area (Å²) in [5.74, 6) is 3.57. The third-order valence-electron chi connectivity index (χ3n) is 5.95. The lowest BCUT2D eigenvalue weighted by Gasteiger charge is -2.57. The Morgan fingerprint density at radius 1 is 1.16 bits per heavy atom. The van der Waals surface area contributed by atoms with Gasteiger partial charge in [-0.15, -0.1) is 0 Å². The van der Waals surface area contributed by atoms with Crippen LogP contribution < -0.4 is 5.73 Å². The Kier molecular flexibility index (Phi) is 2.49. The molecule has 0 saturated heterocycles. The van der Waals surface area contributed by atoms with Crippen LogP contribution in [0.25, 0.3) is 0 Å². The number of nitrogen functional groups attached to an aromatic ring is 1. The molecule has 3 heteroatoms. The first kappa shape index (κ1) is 11.8. The van der Waals surface area contributed by atoms with Crippen LogP contribution in [0.5, 0.6) is 0 Å². The molecule has 0 aromatic carbocycles. The second kappa shape index (κ2) is 4.00. The first-order chi connectivity index (χ1) is 9.17. The highest BCUT2D eigenvalue weighted by molar-refractivity contribution is 5.40.